The number of nitriles is 1. The predicted octanol–water partition coefficient (Wildman–Crippen LogP) is 2.17. The highest BCUT2D eigenvalue weighted by atomic mass is 35.5. The SMILES string of the molecule is COc1ccc([C@@H](N)CC#N)c(F)c1.Cl. The van der Waals surface area contributed by atoms with E-state index in [-0.39, 0.29) is 18.8 Å². The van der Waals surface area contributed by atoms with Crippen molar-refractivity contribution in [3.8, 4) is 11.8 Å². The molecule has 0 fully saturated rings. The van der Waals surface area contributed by atoms with Crippen molar-refractivity contribution in [2.45, 2.75) is 12.5 Å². The van der Waals surface area contributed by atoms with Crippen molar-refractivity contribution in [1.29, 1.82) is 5.26 Å². The first-order valence-corrected chi connectivity index (χ1v) is 4.15. The van der Waals surface area contributed by atoms with Gasteiger partial charge in [-0.05, 0) is 6.07 Å². The van der Waals surface area contributed by atoms with Gasteiger partial charge in [-0.2, -0.15) is 5.26 Å². The van der Waals surface area contributed by atoms with Crippen molar-refractivity contribution in [3.05, 3.63) is 29.6 Å². The average Bonchev–Trinajstić information content (AvgIpc) is 2.17. The van der Waals surface area contributed by atoms with Crippen LogP contribution in [0.4, 0.5) is 4.39 Å². The van der Waals surface area contributed by atoms with E-state index < -0.39 is 11.9 Å². The fourth-order valence-electron chi connectivity index (χ4n) is 1.14. The number of nitrogens with two attached hydrogens (primary N) is 1. The molecule has 3 nitrogen and oxygen atoms in total. The molecule has 0 bridgehead atoms. The third-order valence-corrected chi connectivity index (χ3v) is 1.92. The maximum absolute atomic E-state index is 13.3. The van der Waals surface area contributed by atoms with Gasteiger partial charge >= 0.3 is 0 Å². The number of ether oxygens (including phenoxy) is 1. The van der Waals surface area contributed by atoms with Gasteiger partial charge in [0.25, 0.3) is 0 Å². The van der Waals surface area contributed by atoms with Crippen LogP contribution >= 0.6 is 12.4 Å². The first kappa shape index (κ1) is 13.7. The van der Waals surface area contributed by atoms with Gasteiger partial charge in [0.15, 0.2) is 0 Å². The Kier molecular flexibility index (Phi) is 5.68. The number of rotatable bonds is 3. The summed E-state index contributed by atoms with van der Waals surface area (Å²) in [7, 11) is 1.46. The van der Waals surface area contributed by atoms with E-state index in [9.17, 15) is 4.39 Å². The molecule has 0 amide bonds. The summed E-state index contributed by atoms with van der Waals surface area (Å²) in [4.78, 5) is 0. The minimum absolute atomic E-state index is 0. The summed E-state index contributed by atoms with van der Waals surface area (Å²) in [6.07, 6.45) is 0.100. The Morgan fingerprint density at radius 3 is 2.73 bits per heavy atom. The lowest BCUT2D eigenvalue weighted by Crippen LogP contribution is -2.11. The zero-order valence-electron chi connectivity index (χ0n) is 8.24. The van der Waals surface area contributed by atoms with E-state index in [0.29, 0.717) is 11.3 Å². The van der Waals surface area contributed by atoms with Crippen LogP contribution in [0, 0.1) is 17.1 Å². The molecule has 0 unspecified atom stereocenters. The Morgan fingerprint density at radius 1 is 1.60 bits per heavy atom. The van der Waals surface area contributed by atoms with Crippen LogP contribution in [0.1, 0.15) is 18.0 Å². The van der Waals surface area contributed by atoms with E-state index in [1.807, 2.05) is 6.07 Å². The lowest BCUT2D eigenvalue weighted by atomic mass is 10.0. The second-order valence-electron chi connectivity index (χ2n) is 2.86. The van der Waals surface area contributed by atoms with Crippen molar-refractivity contribution in [2.75, 3.05) is 7.11 Å². The van der Waals surface area contributed by atoms with Gasteiger partial charge in [-0.25, -0.2) is 4.39 Å². The minimum Gasteiger partial charge on any atom is -0.497 e. The molecule has 1 rings (SSSR count). The van der Waals surface area contributed by atoms with Crippen LogP contribution in [0.3, 0.4) is 0 Å². The standard InChI is InChI=1S/C10H11FN2O.ClH/c1-14-7-2-3-8(9(11)6-7)10(13)4-5-12;/h2-3,6,10H,4,13H2,1H3;1H/t10-;/m0./s1. The lowest BCUT2D eigenvalue weighted by Gasteiger charge is -2.09. The van der Waals surface area contributed by atoms with Gasteiger partial charge < -0.3 is 10.5 Å². The van der Waals surface area contributed by atoms with Crippen LogP contribution in [0.2, 0.25) is 0 Å². The van der Waals surface area contributed by atoms with Gasteiger partial charge in [0, 0.05) is 17.7 Å². The molecular weight excluding hydrogens is 219 g/mol. The molecule has 5 heteroatoms. The lowest BCUT2D eigenvalue weighted by molar-refractivity contribution is 0.410. The molecule has 15 heavy (non-hydrogen) atoms. The molecule has 0 spiro atoms. The van der Waals surface area contributed by atoms with Gasteiger partial charge in [-0.3, -0.25) is 0 Å². The van der Waals surface area contributed by atoms with Gasteiger partial charge in [-0.1, -0.05) is 6.07 Å². The van der Waals surface area contributed by atoms with Crippen molar-refractivity contribution in [1.82, 2.24) is 0 Å². The highest BCUT2D eigenvalue weighted by Crippen LogP contribution is 2.21. The first-order chi connectivity index (χ1) is 6.69. The maximum atomic E-state index is 13.3. The number of halogens is 2. The molecule has 0 saturated heterocycles. The third-order valence-electron chi connectivity index (χ3n) is 1.92. The zero-order chi connectivity index (χ0) is 10.6. The zero-order valence-corrected chi connectivity index (χ0v) is 9.05. The highest BCUT2D eigenvalue weighted by molar-refractivity contribution is 5.85. The second kappa shape index (κ2) is 6.23. The molecule has 0 aliphatic carbocycles. The molecule has 0 radical (unpaired) electrons. The topological polar surface area (TPSA) is 59.0 Å². The van der Waals surface area contributed by atoms with E-state index in [1.54, 1.807) is 6.07 Å². The van der Waals surface area contributed by atoms with E-state index >= 15 is 0 Å². The number of hydrogen-bond donors (Lipinski definition) is 1. The maximum Gasteiger partial charge on any atom is 0.131 e. The van der Waals surface area contributed by atoms with E-state index in [1.165, 1.54) is 19.2 Å². The first-order valence-electron chi connectivity index (χ1n) is 4.15. The minimum atomic E-state index is -0.578. The third kappa shape index (κ3) is 3.39. The fraction of sp³-hybridized carbons (Fsp3) is 0.300. The van der Waals surface area contributed by atoms with Crippen LogP contribution in [-0.2, 0) is 0 Å². The summed E-state index contributed by atoms with van der Waals surface area (Å²) < 4.78 is 18.2. The van der Waals surface area contributed by atoms with E-state index in [4.69, 9.17) is 15.7 Å². The van der Waals surface area contributed by atoms with Crippen molar-refractivity contribution in [3.63, 3.8) is 0 Å². The molecule has 0 heterocycles. The number of benzene rings is 1. The van der Waals surface area contributed by atoms with Gasteiger partial charge in [-0.15, -0.1) is 12.4 Å². The molecule has 82 valence electrons. The van der Waals surface area contributed by atoms with Crippen molar-refractivity contribution >= 4 is 12.4 Å². The van der Waals surface area contributed by atoms with Gasteiger partial charge in [0.1, 0.15) is 11.6 Å². The number of methoxy groups -OCH3 is 1. The molecule has 0 aromatic heterocycles. The Balaban J connectivity index is 0.00000196. The van der Waals surface area contributed by atoms with Crippen molar-refractivity contribution < 1.29 is 9.13 Å². The summed E-state index contributed by atoms with van der Waals surface area (Å²) in [6.45, 7) is 0. The van der Waals surface area contributed by atoms with Gasteiger partial charge in [0.05, 0.1) is 19.6 Å². The average molecular weight is 231 g/mol. The van der Waals surface area contributed by atoms with E-state index in [2.05, 4.69) is 0 Å². The Bertz CT molecular complexity index is 365. The second-order valence-corrected chi connectivity index (χ2v) is 2.86. The molecular formula is C10H12ClFN2O. The van der Waals surface area contributed by atoms with Crippen molar-refractivity contribution in [2.24, 2.45) is 5.73 Å². The van der Waals surface area contributed by atoms with Crippen LogP contribution in [0.5, 0.6) is 5.75 Å². The summed E-state index contributed by atoms with van der Waals surface area (Å²) in [5.74, 6) is 0.00232. The molecule has 0 aliphatic rings. The van der Waals surface area contributed by atoms with E-state index in [0.717, 1.165) is 0 Å². The molecule has 1 aromatic carbocycles. The van der Waals surface area contributed by atoms with Crippen LogP contribution in [0.25, 0.3) is 0 Å². The summed E-state index contributed by atoms with van der Waals surface area (Å²) in [6, 6.07) is 5.74. The van der Waals surface area contributed by atoms with Crippen LogP contribution < -0.4 is 10.5 Å². The highest BCUT2D eigenvalue weighted by Gasteiger charge is 2.11. The smallest absolute Gasteiger partial charge is 0.131 e. The van der Waals surface area contributed by atoms with Crippen LogP contribution in [0.15, 0.2) is 18.2 Å². The number of nitrogens with zero attached hydrogens (tertiary/aromatic N) is 1. The quantitative estimate of drug-likeness (QED) is 0.866. The monoisotopic (exact) mass is 230 g/mol. The molecule has 0 aliphatic heterocycles. The summed E-state index contributed by atoms with van der Waals surface area (Å²) >= 11 is 0. The largest absolute Gasteiger partial charge is 0.497 e. The van der Waals surface area contributed by atoms with Crippen LogP contribution in [-0.4, -0.2) is 7.11 Å². The molecule has 0 saturated carbocycles. The Morgan fingerprint density at radius 2 is 2.27 bits per heavy atom. The molecule has 1 aromatic rings. The van der Waals surface area contributed by atoms with Gasteiger partial charge in [0.2, 0.25) is 0 Å². The summed E-state index contributed by atoms with van der Waals surface area (Å²) in [5.41, 5.74) is 5.93. The fourth-order valence-corrected chi connectivity index (χ4v) is 1.14. The Hall–Kier alpha value is -1.31. The normalized spacial score (nSPS) is 11.1. The summed E-state index contributed by atoms with van der Waals surface area (Å²) in [5, 5.41) is 8.41. The Labute approximate surface area is 94.1 Å². The number of hydrogen-bond acceptors (Lipinski definition) is 3. The predicted molar refractivity (Wildman–Crippen MR) is 57.4 cm³/mol. The molecule has 2 N–H and O–H groups in total. The molecule has 1 atom stereocenters.